The lowest BCUT2D eigenvalue weighted by Gasteiger charge is -2.37. The molecular formula is C31H43BO2. The first kappa shape index (κ1) is 25.3. The van der Waals surface area contributed by atoms with Crippen molar-refractivity contribution in [2.24, 2.45) is 11.3 Å². The van der Waals surface area contributed by atoms with Gasteiger partial charge in [0.2, 0.25) is 0 Å². The molecule has 3 heteroatoms. The molecule has 2 unspecified atom stereocenters. The number of allylic oxidation sites excluding steroid dienone is 1. The maximum Gasteiger partial charge on any atom is 0.461 e. The van der Waals surface area contributed by atoms with Crippen molar-refractivity contribution in [3.8, 4) is 0 Å². The van der Waals surface area contributed by atoms with Crippen molar-refractivity contribution in [3.05, 3.63) is 84.4 Å². The molecule has 4 rings (SSSR count). The SMILES string of the molecule is C=CC1C(B2OC(C)(C)C(C)(C)O2)CCC1(CCCc1ccccc1)CCCc1ccccc1. The Morgan fingerprint density at radius 2 is 1.29 bits per heavy atom. The van der Waals surface area contributed by atoms with E-state index in [9.17, 15) is 0 Å². The van der Waals surface area contributed by atoms with Crippen molar-refractivity contribution in [1.29, 1.82) is 0 Å². The van der Waals surface area contributed by atoms with E-state index in [1.807, 2.05) is 0 Å². The second kappa shape index (κ2) is 10.4. The fourth-order valence-electron chi connectivity index (χ4n) is 6.33. The van der Waals surface area contributed by atoms with Crippen LogP contribution in [0.4, 0.5) is 0 Å². The van der Waals surface area contributed by atoms with Crippen molar-refractivity contribution >= 4 is 7.12 Å². The van der Waals surface area contributed by atoms with Crippen LogP contribution in [-0.4, -0.2) is 18.3 Å². The second-order valence-corrected chi connectivity index (χ2v) is 11.6. The maximum absolute atomic E-state index is 6.55. The topological polar surface area (TPSA) is 18.5 Å². The van der Waals surface area contributed by atoms with Gasteiger partial charge >= 0.3 is 7.12 Å². The van der Waals surface area contributed by atoms with E-state index in [1.54, 1.807) is 0 Å². The largest absolute Gasteiger partial charge is 0.461 e. The molecule has 0 spiro atoms. The number of rotatable bonds is 10. The summed E-state index contributed by atoms with van der Waals surface area (Å²) in [6, 6.07) is 21.9. The van der Waals surface area contributed by atoms with Crippen LogP contribution in [0.25, 0.3) is 0 Å². The van der Waals surface area contributed by atoms with Gasteiger partial charge in [0.15, 0.2) is 0 Å². The summed E-state index contributed by atoms with van der Waals surface area (Å²) in [7, 11) is -0.141. The van der Waals surface area contributed by atoms with Crippen molar-refractivity contribution in [3.63, 3.8) is 0 Å². The van der Waals surface area contributed by atoms with Crippen LogP contribution in [0, 0.1) is 11.3 Å². The minimum Gasteiger partial charge on any atom is -0.403 e. The van der Waals surface area contributed by atoms with Gasteiger partial charge < -0.3 is 9.31 Å². The summed E-state index contributed by atoms with van der Waals surface area (Å²) in [4.78, 5) is 0. The Labute approximate surface area is 208 Å². The molecule has 2 aromatic rings. The fourth-order valence-corrected chi connectivity index (χ4v) is 6.33. The molecule has 1 aliphatic carbocycles. The van der Waals surface area contributed by atoms with E-state index in [0.29, 0.717) is 11.7 Å². The minimum absolute atomic E-state index is 0.141. The molecule has 1 saturated heterocycles. The normalized spacial score (nSPS) is 24.9. The molecule has 1 saturated carbocycles. The second-order valence-electron chi connectivity index (χ2n) is 11.6. The summed E-state index contributed by atoms with van der Waals surface area (Å²) in [5.41, 5.74) is 2.60. The Balaban J connectivity index is 1.49. The first-order valence-corrected chi connectivity index (χ1v) is 13.3. The molecule has 0 radical (unpaired) electrons. The minimum atomic E-state index is -0.282. The standard InChI is InChI=1S/C31H43BO2/c1-6-27-28(32-33-29(2,3)30(4,5)34-32)21-24-31(27,22-13-19-25-15-9-7-10-16-25)23-14-20-26-17-11-8-12-18-26/h6-12,15-18,27-28H,1,13-14,19-24H2,2-5H3. The van der Waals surface area contributed by atoms with Gasteiger partial charge in [0.05, 0.1) is 11.2 Å². The van der Waals surface area contributed by atoms with Crippen molar-refractivity contribution in [2.75, 3.05) is 0 Å². The molecule has 2 nitrogen and oxygen atoms in total. The Hall–Kier alpha value is -1.84. The van der Waals surface area contributed by atoms with Crippen LogP contribution in [0.15, 0.2) is 73.3 Å². The van der Waals surface area contributed by atoms with Crippen LogP contribution >= 0.6 is 0 Å². The summed E-state index contributed by atoms with van der Waals surface area (Å²) >= 11 is 0. The van der Waals surface area contributed by atoms with Crippen molar-refractivity contribution in [1.82, 2.24) is 0 Å². The summed E-state index contributed by atoms with van der Waals surface area (Å²) < 4.78 is 13.1. The molecule has 1 aliphatic heterocycles. The summed E-state index contributed by atoms with van der Waals surface area (Å²) in [6.45, 7) is 13.0. The van der Waals surface area contributed by atoms with E-state index < -0.39 is 0 Å². The highest BCUT2D eigenvalue weighted by Gasteiger charge is 2.59. The average molecular weight is 458 g/mol. The molecule has 34 heavy (non-hydrogen) atoms. The van der Waals surface area contributed by atoms with Gasteiger partial charge in [-0.25, -0.2) is 0 Å². The van der Waals surface area contributed by atoms with Gasteiger partial charge in [-0.05, 0) is 95.1 Å². The third-order valence-electron chi connectivity index (χ3n) is 8.98. The van der Waals surface area contributed by atoms with E-state index in [4.69, 9.17) is 9.31 Å². The average Bonchev–Trinajstić information content (AvgIpc) is 3.28. The van der Waals surface area contributed by atoms with Crippen LogP contribution < -0.4 is 0 Å². The molecule has 0 aromatic heterocycles. The zero-order valence-corrected chi connectivity index (χ0v) is 21.8. The first-order valence-electron chi connectivity index (χ1n) is 13.3. The molecule has 0 amide bonds. The van der Waals surface area contributed by atoms with Crippen molar-refractivity contribution < 1.29 is 9.31 Å². The van der Waals surface area contributed by atoms with Crippen LogP contribution in [0.3, 0.4) is 0 Å². The van der Waals surface area contributed by atoms with Gasteiger partial charge in [-0.1, -0.05) is 73.2 Å². The van der Waals surface area contributed by atoms with E-state index in [2.05, 4.69) is 101 Å². The van der Waals surface area contributed by atoms with E-state index in [0.717, 1.165) is 19.3 Å². The molecule has 0 N–H and O–H groups in total. The highest BCUT2D eigenvalue weighted by atomic mass is 16.7. The first-order chi connectivity index (χ1) is 16.3. The molecule has 1 heterocycles. The Bertz CT molecular complexity index is 859. The quantitative estimate of drug-likeness (QED) is 0.265. The predicted molar refractivity (Wildman–Crippen MR) is 144 cm³/mol. The fraction of sp³-hybridized carbons (Fsp3) is 0.548. The van der Waals surface area contributed by atoms with E-state index in [-0.39, 0.29) is 23.7 Å². The lowest BCUT2D eigenvalue weighted by molar-refractivity contribution is 0.00578. The molecule has 2 aliphatic rings. The van der Waals surface area contributed by atoms with Crippen LogP contribution in [0.1, 0.15) is 77.3 Å². The van der Waals surface area contributed by atoms with Gasteiger partial charge in [-0.2, -0.15) is 0 Å². The lowest BCUT2D eigenvalue weighted by Crippen LogP contribution is -2.41. The zero-order chi connectivity index (χ0) is 24.2. The smallest absolute Gasteiger partial charge is 0.403 e. The number of aryl methyl sites for hydroxylation is 2. The molecular weight excluding hydrogens is 415 g/mol. The Morgan fingerprint density at radius 3 is 1.74 bits per heavy atom. The molecule has 0 bridgehead atoms. The van der Waals surface area contributed by atoms with Gasteiger partial charge in [0.1, 0.15) is 0 Å². The van der Waals surface area contributed by atoms with Gasteiger partial charge in [0, 0.05) is 5.82 Å². The molecule has 2 aromatic carbocycles. The Kier molecular flexibility index (Phi) is 7.74. The van der Waals surface area contributed by atoms with Crippen LogP contribution in [-0.2, 0) is 22.2 Å². The third-order valence-corrected chi connectivity index (χ3v) is 8.98. The molecule has 2 fully saturated rings. The Morgan fingerprint density at radius 1 is 0.824 bits per heavy atom. The zero-order valence-electron chi connectivity index (χ0n) is 21.8. The summed E-state index contributed by atoms with van der Waals surface area (Å²) in [5.74, 6) is 0.806. The van der Waals surface area contributed by atoms with Gasteiger partial charge in [-0.15, -0.1) is 6.58 Å². The third kappa shape index (κ3) is 5.36. The number of benzene rings is 2. The lowest BCUT2D eigenvalue weighted by atomic mass is 9.60. The maximum atomic E-state index is 6.55. The number of hydrogen-bond acceptors (Lipinski definition) is 2. The van der Waals surface area contributed by atoms with E-state index >= 15 is 0 Å². The summed E-state index contributed by atoms with van der Waals surface area (Å²) in [6.07, 6.45) is 11.8. The molecule has 182 valence electrons. The monoisotopic (exact) mass is 458 g/mol. The van der Waals surface area contributed by atoms with Crippen LogP contribution in [0.5, 0.6) is 0 Å². The molecule has 2 atom stereocenters. The number of hydrogen-bond donors (Lipinski definition) is 0. The highest BCUT2D eigenvalue weighted by Crippen LogP contribution is 2.59. The predicted octanol–water partition coefficient (Wildman–Crippen LogP) is 8.08. The van der Waals surface area contributed by atoms with Crippen molar-refractivity contribution in [2.45, 2.75) is 96.1 Å². The highest BCUT2D eigenvalue weighted by molar-refractivity contribution is 6.47. The summed E-state index contributed by atoms with van der Waals surface area (Å²) in [5, 5.41) is 0. The van der Waals surface area contributed by atoms with Gasteiger partial charge in [-0.3, -0.25) is 0 Å². The van der Waals surface area contributed by atoms with Gasteiger partial charge in [0.25, 0.3) is 0 Å². The van der Waals surface area contributed by atoms with Crippen LogP contribution in [0.2, 0.25) is 5.82 Å². The van der Waals surface area contributed by atoms with E-state index in [1.165, 1.54) is 43.2 Å².